The van der Waals surface area contributed by atoms with Gasteiger partial charge < -0.3 is 20.1 Å². The number of benzene rings is 3. The predicted octanol–water partition coefficient (Wildman–Crippen LogP) is 4.81. The monoisotopic (exact) mass is 496 g/mol. The molecule has 37 heavy (non-hydrogen) atoms. The molecule has 188 valence electrons. The largest absolute Gasteiger partial charge is 0.493 e. The Hall–Kier alpha value is -4.66. The minimum atomic E-state index is -0.574. The minimum Gasteiger partial charge on any atom is -0.493 e. The summed E-state index contributed by atoms with van der Waals surface area (Å²) in [6, 6.07) is 20.9. The summed E-state index contributed by atoms with van der Waals surface area (Å²) in [5, 5.41) is 18.3. The zero-order valence-electron chi connectivity index (χ0n) is 21.1. The van der Waals surface area contributed by atoms with Gasteiger partial charge in [-0.25, -0.2) is 0 Å². The highest BCUT2D eigenvalue weighted by Gasteiger charge is 2.34. The molecule has 1 amide bonds. The number of hydrogen-bond donors (Lipinski definition) is 2. The van der Waals surface area contributed by atoms with Crippen LogP contribution in [-0.4, -0.2) is 33.2 Å². The van der Waals surface area contributed by atoms with Gasteiger partial charge in [0.25, 0.3) is 5.91 Å². The molecule has 0 radical (unpaired) electrons. The van der Waals surface area contributed by atoms with Gasteiger partial charge in [0.1, 0.15) is 12.6 Å². The number of nitrogens with one attached hydrogen (secondary N) is 2. The standard InChI is InChI=1S/C28H28N6O3/c1-17-8-7-10-20(14-17)16-37-23-13-12-21(15-24(23)36-4)26-25(19(3)29-28-31-32-33-34(26)28)27(35)30-22-11-6-5-9-18(22)2/h5-15,26H,16H2,1-4H3,(H,30,35)(H,29,31,33). The van der Waals surface area contributed by atoms with E-state index in [0.29, 0.717) is 35.3 Å². The Labute approximate surface area is 215 Å². The first-order chi connectivity index (χ1) is 17.9. The summed E-state index contributed by atoms with van der Waals surface area (Å²) in [4.78, 5) is 13.6. The zero-order valence-corrected chi connectivity index (χ0v) is 21.1. The number of anilines is 2. The predicted molar refractivity (Wildman–Crippen MR) is 141 cm³/mol. The SMILES string of the molecule is COc1cc(C2C(C(=O)Nc3ccccc3C)=C(C)Nc3nnnn32)ccc1OCc1cccc(C)c1. The van der Waals surface area contributed by atoms with Crippen LogP contribution in [0, 0.1) is 13.8 Å². The van der Waals surface area contributed by atoms with Gasteiger partial charge in [-0.1, -0.05) is 59.2 Å². The van der Waals surface area contributed by atoms with Gasteiger partial charge >= 0.3 is 0 Å². The molecule has 9 nitrogen and oxygen atoms in total. The minimum absolute atomic E-state index is 0.246. The van der Waals surface area contributed by atoms with E-state index in [2.05, 4.69) is 32.2 Å². The van der Waals surface area contributed by atoms with Crippen molar-refractivity contribution in [3.05, 3.63) is 100 Å². The van der Waals surface area contributed by atoms with E-state index < -0.39 is 6.04 Å². The molecule has 0 saturated carbocycles. The molecule has 1 atom stereocenters. The number of methoxy groups -OCH3 is 1. The van der Waals surface area contributed by atoms with Crippen LogP contribution in [0.1, 0.15) is 35.2 Å². The van der Waals surface area contributed by atoms with E-state index in [-0.39, 0.29) is 5.91 Å². The Kier molecular flexibility index (Phi) is 6.59. The molecule has 0 saturated heterocycles. The maximum absolute atomic E-state index is 13.6. The van der Waals surface area contributed by atoms with Crippen molar-refractivity contribution in [2.24, 2.45) is 0 Å². The number of para-hydroxylation sites is 1. The second kappa shape index (κ2) is 10.1. The zero-order chi connectivity index (χ0) is 25.9. The third-order valence-electron chi connectivity index (χ3n) is 6.33. The molecule has 2 N–H and O–H groups in total. The summed E-state index contributed by atoms with van der Waals surface area (Å²) in [5.41, 5.74) is 5.89. The fraction of sp³-hybridized carbons (Fsp3) is 0.214. The number of allylic oxidation sites excluding steroid dienone is 1. The number of ether oxygens (including phenoxy) is 2. The van der Waals surface area contributed by atoms with E-state index in [1.807, 2.05) is 81.4 Å². The number of carbonyl (C=O) groups excluding carboxylic acids is 1. The third-order valence-corrected chi connectivity index (χ3v) is 6.33. The Morgan fingerprint density at radius 3 is 2.65 bits per heavy atom. The molecule has 1 aliphatic heterocycles. The maximum Gasteiger partial charge on any atom is 0.255 e. The molecule has 2 heterocycles. The molecular formula is C28H28N6O3. The number of hydrogen-bond acceptors (Lipinski definition) is 7. The number of amides is 1. The Morgan fingerprint density at radius 2 is 1.86 bits per heavy atom. The lowest BCUT2D eigenvalue weighted by molar-refractivity contribution is -0.113. The van der Waals surface area contributed by atoms with Crippen molar-refractivity contribution >= 4 is 17.5 Å². The normalized spacial score (nSPS) is 14.5. The van der Waals surface area contributed by atoms with Crippen LogP contribution >= 0.6 is 0 Å². The number of carbonyl (C=O) groups is 1. The van der Waals surface area contributed by atoms with E-state index >= 15 is 0 Å². The average Bonchev–Trinajstić information content (AvgIpc) is 3.36. The molecule has 3 aromatic carbocycles. The van der Waals surface area contributed by atoms with Gasteiger partial charge in [-0.15, -0.1) is 0 Å². The first-order valence-corrected chi connectivity index (χ1v) is 11.9. The number of aromatic nitrogens is 4. The lowest BCUT2D eigenvalue weighted by atomic mass is 9.94. The van der Waals surface area contributed by atoms with Crippen LogP contribution in [-0.2, 0) is 11.4 Å². The van der Waals surface area contributed by atoms with Crippen molar-refractivity contribution in [3.8, 4) is 11.5 Å². The van der Waals surface area contributed by atoms with E-state index in [1.165, 1.54) is 5.56 Å². The number of fused-ring (bicyclic) bond motifs is 1. The molecule has 0 fully saturated rings. The van der Waals surface area contributed by atoms with Crippen molar-refractivity contribution in [1.82, 2.24) is 20.2 Å². The highest BCUT2D eigenvalue weighted by molar-refractivity contribution is 6.06. The number of aryl methyl sites for hydroxylation is 2. The molecule has 4 aromatic rings. The summed E-state index contributed by atoms with van der Waals surface area (Å²) in [6.07, 6.45) is 0. The Bertz CT molecular complexity index is 1490. The topological polar surface area (TPSA) is 103 Å². The van der Waals surface area contributed by atoms with Gasteiger partial charge in [0, 0.05) is 11.4 Å². The second-order valence-electron chi connectivity index (χ2n) is 8.97. The van der Waals surface area contributed by atoms with Crippen molar-refractivity contribution in [2.75, 3.05) is 17.7 Å². The van der Waals surface area contributed by atoms with E-state index in [1.54, 1.807) is 11.8 Å². The molecule has 5 rings (SSSR count). The lowest BCUT2D eigenvalue weighted by Crippen LogP contribution is -2.31. The molecule has 0 spiro atoms. The third kappa shape index (κ3) is 4.88. The van der Waals surface area contributed by atoms with Gasteiger partial charge in [0.15, 0.2) is 11.5 Å². The van der Waals surface area contributed by atoms with Crippen molar-refractivity contribution < 1.29 is 14.3 Å². The summed E-state index contributed by atoms with van der Waals surface area (Å²) >= 11 is 0. The summed E-state index contributed by atoms with van der Waals surface area (Å²) in [5.74, 6) is 1.36. The van der Waals surface area contributed by atoms with Crippen LogP contribution in [0.4, 0.5) is 11.6 Å². The van der Waals surface area contributed by atoms with Crippen LogP contribution in [0.3, 0.4) is 0 Å². The fourth-order valence-electron chi connectivity index (χ4n) is 4.45. The Balaban J connectivity index is 1.48. The van der Waals surface area contributed by atoms with Crippen LogP contribution in [0.25, 0.3) is 0 Å². The summed E-state index contributed by atoms with van der Waals surface area (Å²) in [7, 11) is 1.59. The van der Waals surface area contributed by atoms with Gasteiger partial charge in [-0.3, -0.25) is 4.79 Å². The first kappa shape index (κ1) is 24.1. The smallest absolute Gasteiger partial charge is 0.255 e. The van der Waals surface area contributed by atoms with Crippen molar-refractivity contribution in [1.29, 1.82) is 0 Å². The molecule has 1 aromatic heterocycles. The second-order valence-corrected chi connectivity index (χ2v) is 8.97. The van der Waals surface area contributed by atoms with Crippen LogP contribution < -0.4 is 20.1 Å². The quantitative estimate of drug-likeness (QED) is 0.379. The fourth-order valence-corrected chi connectivity index (χ4v) is 4.45. The number of tetrazole rings is 1. The first-order valence-electron chi connectivity index (χ1n) is 11.9. The molecule has 0 bridgehead atoms. The van der Waals surface area contributed by atoms with E-state index in [9.17, 15) is 4.79 Å². The van der Waals surface area contributed by atoms with Crippen molar-refractivity contribution in [3.63, 3.8) is 0 Å². The van der Waals surface area contributed by atoms with Crippen LogP contribution in [0.5, 0.6) is 11.5 Å². The summed E-state index contributed by atoms with van der Waals surface area (Å²) < 4.78 is 13.4. The summed E-state index contributed by atoms with van der Waals surface area (Å²) in [6.45, 7) is 6.25. The lowest BCUT2D eigenvalue weighted by Gasteiger charge is -2.28. The number of nitrogens with zero attached hydrogens (tertiary/aromatic N) is 4. The highest BCUT2D eigenvalue weighted by atomic mass is 16.5. The Morgan fingerprint density at radius 1 is 1.03 bits per heavy atom. The van der Waals surface area contributed by atoms with Gasteiger partial charge in [0.2, 0.25) is 5.95 Å². The molecule has 1 unspecified atom stereocenters. The van der Waals surface area contributed by atoms with E-state index in [0.717, 1.165) is 22.4 Å². The number of rotatable bonds is 7. The maximum atomic E-state index is 13.6. The molecular weight excluding hydrogens is 468 g/mol. The molecule has 0 aliphatic carbocycles. The highest BCUT2D eigenvalue weighted by Crippen LogP contribution is 2.39. The molecule has 1 aliphatic rings. The van der Waals surface area contributed by atoms with Gasteiger partial charge in [-0.05, 0) is 66.1 Å². The van der Waals surface area contributed by atoms with Crippen LogP contribution in [0.15, 0.2) is 78.0 Å². The van der Waals surface area contributed by atoms with Crippen molar-refractivity contribution in [2.45, 2.75) is 33.4 Å². The van der Waals surface area contributed by atoms with Gasteiger partial charge in [0.05, 0.1) is 12.7 Å². The molecule has 9 heteroatoms. The average molecular weight is 497 g/mol. The van der Waals surface area contributed by atoms with E-state index in [4.69, 9.17) is 9.47 Å². The van der Waals surface area contributed by atoms with Crippen LogP contribution in [0.2, 0.25) is 0 Å². The van der Waals surface area contributed by atoms with Gasteiger partial charge in [-0.2, -0.15) is 4.68 Å².